The van der Waals surface area contributed by atoms with Crippen LogP contribution in [0.15, 0.2) is 48.0 Å². The summed E-state index contributed by atoms with van der Waals surface area (Å²) in [6.45, 7) is 8.34. The van der Waals surface area contributed by atoms with Crippen LogP contribution >= 0.6 is 23.5 Å². The number of rotatable bonds is 4. The van der Waals surface area contributed by atoms with Crippen molar-refractivity contribution >= 4 is 28.6 Å². The molecule has 1 aliphatic rings. The van der Waals surface area contributed by atoms with Crippen LogP contribution in [0.4, 0.5) is 0 Å². The van der Waals surface area contributed by atoms with E-state index < -0.39 is 0 Å². The Kier molecular flexibility index (Phi) is 3.93. The molecule has 0 bridgehead atoms. The number of thioether (sulfide) groups is 2. The van der Waals surface area contributed by atoms with Gasteiger partial charge in [0.15, 0.2) is 0 Å². The summed E-state index contributed by atoms with van der Waals surface area (Å²) in [4.78, 5) is 4.94. The van der Waals surface area contributed by atoms with Crippen LogP contribution in [0, 0.1) is 0 Å². The number of allylic oxidation sites excluding steroid dienone is 1. The third-order valence-corrected chi connectivity index (χ3v) is 6.93. The fourth-order valence-electron chi connectivity index (χ4n) is 2.20. The maximum absolute atomic E-state index is 4.94. The Hall–Kier alpha value is -0.670. The van der Waals surface area contributed by atoms with Crippen molar-refractivity contribution in [2.45, 2.75) is 29.9 Å². The molecule has 0 radical (unpaired) electrons. The first kappa shape index (κ1) is 13.8. The normalized spacial score (nSPS) is 25.8. The zero-order valence-corrected chi connectivity index (χ0v) is 12.8. The molecule has 0 aromatic heterocycles. The van der Waals surface area contributed by atoms with E-state index >= 15 is 0 Å². The van der Waals surface area contributed by atoms with E-state index in [2.05, 4.69) is 50.9 Å². The van der Waals surface area contributed by atoms with E-state index in [-0.39, 0.29) is 9.62 Å². The summed E-state index contributed by atoms with van der Waals surface area (Å²) >= 11 is 3.77. The third-order valence-electron chi connectivity index (χ3n) is 3.34. The maximum atomic E-state index is 4.94. The molecule has 1 nitrogen and oxygen atoms in total. The predicted octanol–water partition coefficient (Wildman–Crippen LogP) is 4.59. The third kappa shape index (κ3) is 2.26. The van der Waals surface area contributed by atoms with E-state index in [1.165, 1.54) is 5.56 Å². The van der Waals surface area contributed by atoms with Crippen molar-refractivity contribution < 1.29 is 0 Å². The van der Waals surface area contributed by atoms with Crippen LogP contribution < -0.4 is 0 Å². The summed E-state index contributed by atoms with van der Waals surface area (Å²) in [5.74, 6) is 0. The van der Waals surface area contributed by atoms with E-state index in [1.54, 1.807) is 0 Å². The van der Waals surface area contributed by atoms with Gasteiger partial charge in [0.2, 0.25) is 0 Å². The Balaban J connectivity index is 2.37. The van der Waals surface area contributed by atoms with E-state index in [4.69, 9.17) is 4.99 Å². The number of hydrogen-bond donors (Lipinski definition) is 0. The summed E-state index contributed by atoms with van der Waals surface area (Å²) in [6, 6.07) is 10.4. The molecule has 2 rings (SSSR count). The van der Waals surface area contributed by atoms with Crippen molar-refractivity contribution in [3.63, 3.8) is 0 Å². The monoisotopic (exact) mass is 277 g/mol. The average Bonchev–Trinajstić information content (AvgIpc) is 2.63. The molecule has 0 aliphatic carbocycles. The lowest BCUT2D eigenvalue weighted by Crippen LogP contribution is -2.39. The van der Waals surface area contributed by atoms with Gasteiger partial charge in [0.05, 0.1) is 14.7 Å². The molecule has 0 spiro atoms. The fourth-order valence-corrected chi connectivity index (χ4v) is 4.94. The van der Waals surface area contributed by atoms with Crippen LogP contribution in [-0.2, 0) is 0 Å². The van der Waals surface area contributed by atoms with Gasteiger partial charge in [-0.2, -0.15) is 0 Å². The molecule has 0 saturated carbocycles. The van der Waals surface area contributed by atoms with Gasteiger partial charge in [0.1, 0.15) is 0 Å². The standard InChI is InChI=1S/C15H19NS2/c1-5-11-15(17-4)14(2,3)16-13(18-15)12-9-7-6-8-10-12/h5-10H,1,11H2,2-4H3. The van der Waals surface area contributed by atoms with Gasteiger partial charge in [-0.05, 0) is 26.5 Å². The Morgan fingerprint density at radius 3 is 2.56 bits per heavy atom. The Bertz CT molecular complexity index is 465. The summed E-state index contributed by atoms with van der Waals surface area (Å²) < 4.78 is 0.0694. The summed E-state index contributed by atoms with van der Waals surface area (Å²) in [5.41, 5.74) is 1.15. The van der Waals surface area contributed by atoms with E-state index in [9.17, 15) is 0 Å². The zero-order valence-electron chi connectivity index (χ0n) is 11.1. The van der Waals surface area contributed by atoms with Gasteiger partial charge in [0, 0.05) is 5.56 Å². The highest BCUT2D eigenvalue weighted by Crippen LogP contribution is 2.55. The predicted molar refractivity (Wildman–Crippen MR) is 85.7 cm³/mol. The largest absolute Gasteiger partial charge is 0.269 e. The molecule has 0 amide bonds. The molecule has 0 saturated heterocycles. The summed E-state index contributed by atoms with van der Waals surface area (Å²) in [5, 5.41) is 1.15. The lowest BCUT2D eigenvalue weighted by atomic mass is 9.98. The van der Waals surface area contributed by atoms with Crippen LogP contribution in [-0.4, -0.2) is 20.9 Å². The second-order valence-corrected chi connectivity index (χ2v) is 7.55. The van der Waals surface area contributed by atoms with Gasteiger partial charge in [-0.3, -0.25) is 4.99 Å². The summed E-state index contributed by atoms with van der Waals surface area (Å²) in [7, 11) is 0. The van der Waals surface area contributed by atoms with Gasteiger partial charge in [-0.1, -0.05) is 48.2 Å². The smallest absolute Gasteiger partial charge is 0.0999 e. The topological polar surface area (TPSA) is 12.4 Å². The number of aliphatic imine (C=N–C) groups is 1. The molecular weight excluding hydrogens is 258 g/mol. The molecule has 1 heterocycles. The maximum Gasteiger partial charge on any atom is 0.0999 e. The molecule has 1 aromatic rings. The quantitative estimate of drug-likeness (QED) is 0.746. The zero-order chi connectivity index (χ0) is 13.2. The fraction of sp³-hybridized carbons (Fsp3) is 0.400. The van der Waals surface area contributed by atoms with Gasteiger partial charge in [-0.15, -0.1) is 18.3 Å². The minimum atomic E-state index is -0.0730. The average molecular weight is 277 g/mol. The Morgan fingerprint density at radius 1 is 1.33 bits per heavy atom. The van der Waals surface area contributed by atoms with Crippen molar-refractivity contribution in [3.05, 3.63) is 48.6 Å². The van der Waals surface area contributed by atoms with Gasteiger partial charge in [0.25, 0.3) is 0 Å². The van der Waals surface area contributed by atoms with E-state index in [1.807, 2.05) is 35.7 Å². The first-order valence-corrected chi connectivity index (χ1v) is 8.09. The lowest BCUT2D eigenvalue weighted by molar-refractivity contribution is 0.480. The number of nitrogens with zero attached hydrogens (tertiary/aromatic N) is 1. The second-order valence-electron chi connectivity index (χ2n) is 4.89. The minimum Gasteiger partial charge on any atom is -0.269 e. The molecule has 0 fully saturated rings. The van der Waals surface area contributed by atoms with Crippen molar-refractivity contribution in [2.24, 2.45) is 4.99 Å². The molecule has 96 valence electrons. The summed E-state index contributed by atoms with van der Waals surface area (Å²) in [6.07, 6.45) is 5.14. The van der Waals surface area contributed by atoms with Crippen LogP contribution in [0.1, 0.15) is 25.8 Å². The SMILES string of the molecule is C=CCC1(SC)SC(c2ccccc2)=NC1(C)C. The number of hydrogen-bond acceptors (Lipinski definition) is 3. The van der Waals surface area contributed by atoms with E-state index in [0.717, 1.165) is 11.5 Å². The van der Waals surface area contributed by atoms with Gasteiger partial charge >= 0.3 is 0 Å². The van der Waals surface area contributed by atoms with Crippen molar-refractivity contribution in [1.29, 1.82) is 0 Å². The van der Waals surface area contributed by atoms with Gasteiger partial charge < -0.3 is 0 Å². The first-order valence-electron chi connectivity index (χ1n) is 6.05. The van der Waals surface area contributed by atoms with Gasteiger partial charge in [-0.25, -0.2) is 0 Å². The van der Waals surface area contributed by atoms with Crippen LogP contribution in [0.25, 0.3) is 0 Å². The van der Waals surface area contributed by atoms with Crippen molar-refractivity contribution in [3.8, 4) is 0 Å². The molecule has 1 unspecified atom stereocenters. The number of benzene rings is 1. The minimum absolute atomic E-state index is 0.0694. The Morgan fingerprint density at radius 2 is 2.00 bits per heavy atom. The van der Waals surface area contributed by atoms with E-state index in [0.29, 0.717) is 0 Å². The first-order chi connectivity index (χ1) is 8.54. The molecule has 1 aliphatic heterocycles. The van der Waals surface area contributed by atoms with Crippen LogP contribution in [0.2, 0.25) is 0 Å². The highest BCUT2D eigenvalue weighted by atomic mass is 32.2. The Labute approximate surface area is 118 Å². The molecule has 0 N–H and O–H groups in total. The second kappa shape index (κ2) is 5.14. The lowest BCUT2D eigenvalue weighted by Gasteiger charge is -2.36. The molecule has 3 heteroatoms. The molecule has 1 aromatic carbocycles. The van der Waals surface area contributed by atoms with Crippen molar-refractivity contribution in [2.75, 3.05) is 6.26 Å². The van der Waals surface area contributed by atoms with Crippen LogP contribution in [0.3, 0.4) is 0 Å². The van der Waals surface area contributed by atoms with Crippen LogP contribution in [0.5, 0.6) is 0 Å². The molecule has 18 heavy (non-hydrogen) atoms. The van der Waals surface area contributed by atoms with Crippen molar-refractivity contribution in [1.82, 2.24) is 0 Å². The highest BCUT2D eigenvalue weighted by Gasteiger charge is 2.50. The molecule has 1 atom stereocenters. The molecular formula is C15H19NS2. The highest BCUT2D eigenvalue weighted by molar-refractivity contribution is 8.26.